The maximum atomic E-state index is 12.4. The number of amides is 1. The zero-order chi connectivity index (χ0) is 23.0. The molecule has 0 aliphatic heterocycles. The van der Waals surface area contributed by atoms with Crippen molar-refractivity contribution in [2.75, 3.05) is 26.4 Å². The molecule has 0 saturated carbocycles. The molecule has 9 heteroatoms. The van der Waals surface area contributed by atoms with E-state index in [1.807, 2.05) is 44.2 Å². The summed E-state index contributed by atoms with van der Waals surface area (Å²) >= 11 is 0. The summed E-state index contributed by atoms with van der Waals surface area (Å²) in [5, 5.41) is 6.48. The Morgan fingerprint density at radius 3 is 1.97 bits per heavy atom. The summed E-state index contributed by atoms with van der Waals surface area (Å²) in [6.45, 7) is 8.20. The Labute approximate surface area is 208 Å². The second kappa shape index (κ2) is 12.8. The molecule has 0 bridgehead atoms. The van der Waals surface area contributed by atoms with Crippen LogP contribution in [-0.2, 0) is 22.9 Å². The smallest absolute Gasteiger partial charge is 0.253 e. The highest BCUT2D eigenvalue weighted by molar-refractivity contribution is 14.0. The fourth-order valence-corrected chi connectivity index (χ4v) is 4.25. The SMILES string of the molecule is CCN(CC)C(=O)c1ccc(CNC(=NC)NCc2ccc(S(C)(=O)=O)c(C)c2)cc1.I. The number of halogens is 1. The van der Waals surface area contributed by atoms with Gasteiger partial charge in [0.05, 0.1) is 4.90 Å². The van der Waals surface area contributed by atoms with E-state index in [0.29, 0.717) is 42.6 Å². The van der Waals surface area contributed by atoms with E-state index < -0.39 is 9.84 Å². The normalized spacial score (nSPS) is 11.5. The Hall–Kier alpha value is -2.14. The van der Waals surface area contributed by atoms with E-state index in [1.165, 1.54) is 6.26 Å². The third-order valence-corrected chi connectivity index (χ3v) is 6.29. The monoisotopic (exact) mass is 572 g/mol. The molecule has 32 heavy (non-hydrogen) atoms. The van der Waals surface area contributed by atoms with Crippen molar-refractivity contribution >= 4 is 45.7 Å². The van der Waals surface area contributed by atoms with Gasteiger partial charge in [-0.05, 0) is 55.7 Å². The van der Waals surface area contributed by atoms with Crippen LogP contribution < -0.4 is 10.6 Å². The molecule has 0 saturated heterocycles. The number of benzene rings is 2. The van der Waals surface area contributed by atoms with Crippen molar-refractivity contribution in [2.24, 2.45) is 4.99 Å². The van der Waals surface area contributed by atoms with Gasteiger partial charge in [0.1, 0.15) is 0 Å². The van der Waals surface area contributed by atoms with Crippen molar-refractivity contribution in [1.29, 1.82) is 0 Å². The predicted molar refractivity (Wildman–Crippen MR) is 140 cm³/mol. The number of hydrogen-bond donors (Lipinski definition) is 2. The summed E-state index contributed by atoms with van der Waals surface area (Å²) in [5.41, 5.74) is 3.41. The molecule has 0 fully saturated rings. The van der Waals surface area contributed by atoms with Crippen LogP contribution in [0.15, 0.2) is 52.4 Å². The zero-order valence-corrected chi connectivity index (χ0v) is 22.5. The first-order valence-corrected chi connectivity index (χ1v) is 12.2. The molecular formula is C23H33IN4O3S. The average Bonchev–Trinajstić information content (AvgIpc) is 2.74. The molecule has 0 aromatic heterocycles. The molecule has 0 atom stereocenters. The van der Waals surface area contributed by atoms with Crippen molar-refractivity contribution in [3.05, 3.63) is 64.7 Å². The minimum atomic E-state index is -3.22. The summed E-state index contributed by atoms with van der Waals surface area (Å²) in [7, 11) is -1.53. The number of aryl methyl sites for hydroxylation is 1. The number of carbonyl (C=O) groups is 1. The zero-order valence-electron chi connectivity index (χ0n) is 19.3. The minimum Gasteiger partial charge on any atom is -0.352 e. The first-order chi connectivity index (χ1) is 14.7. The molecule has 0 radical (unpaired) electrons. The topological polar surface area (TPSA) is 90.9 Å². The van der Waals surface area contributed by atoms with Crippen LogP contribution in [0.1, 0.15) is 40.9 Å². The third-order valence-electron chi connectivity index (χ3n) is 5.03. The maximum Gasteiger partial charge on any atom is 0.253 e. The molecule has 1 amide bonds. The summed E-state index contributed by atoms with van der Waals surface area (Å²) < 4.78 is 23.5. The summed E-state index contributed by atoms with van der Waals surface area (Å²) in [6.07, 6.45) is 1.21. The number of nitrogens with zero attached hydrogens (tertiary/aromatic N) is 2. The van der Waals surface area contributed by atoms with E-state index in [0.717, 1.165) is 16.7 Å². The molecule has 2 N–H and O–H groups in total. The van der Waals surface area contributed by atoms with Crippen LogP contribution in [-0.4, -0.2) is 51.6 Å². The Balaban J connectivity index is 0.00000512. The summed E-state index contributed by atoms with van der Waals surface area (Å²) in [5.74, 6) is 0.673. The van der Waals surface area contributed by atoms with Gasteiger partial charge < -0.3 is 15.5 Å². The fourth-order valence-electron chi connectivity index (χ4n) is 3.29. The number of guanidine groups is 1. The fraction of sp³-hybridized carbons (Fsp3) is 0.391. The summed E-state index contributed by atoms with van der Waals surface area (Å²) in [4.78, 5) is 18.8. The van der Waals surface area contributed by atoms with Crippen LogP contribution in [0.2, 0.25) is 0 Å². The molecule has 7 nitrogen and oxygen atoms in total. The van der Waals surface area contributed by atoms with Crippen molar-refractivity contribution in [2.45, 2.75) is 38.8 Å². The van der Waals surface area contributed by atoms with Crippen LogP contribution in [0.25, 0.3) is 0 Å². The van der Waals surface area contributed by atoms with Crippen molar-refractivity contribution in [3.8, 4) is 0 Å². The van der Waals surface area contributed by atoms with Crippen LogP contribution in [0, 0.1) is 6.92 Å². The second-order valence-electron chi connectivity index (χ2n) is 7.33. The third kappa shape index (κ3) is 7.77. The van der Waals surface area contributed by atoms with E-state index in [4.69, 9.17) is 0 Å². The lowest BCUT2D eigenvalue weighted by atomic mass is 10.1. The van der Waals surface area contributed by atoms with Gasteiger partial charge in [0.15, 0.2) is 15.8 Å². The number of rotatable bonds is 8. The second-order valence-corrected chi connectivity index (χ2v) is 9.31. The maximum absolute atomic E-state index is 12.4. The first kappa shape index (κ1) is 27.9. The van der Waals surface area contributed by atoms with Crippen LogP contribution in [0.4, 0.5) is 0 Å². The largest absolute Gasteiger partial charge is 0.352 e. The molecule has 2 rings (SSSR count). The molecule has 0 spiro atoms. The van der Waals surface area contributed by atoms with Crippen molar-refractivity contribution in [1.82, 2.24) is 15.5 Å². The lowest BCUT2D eigenvalue weighted by molar-refractivity contribution is 0.0773. The van der Waals surface area contributed by atoms with E-state index >= 15 is 0 Å². The van der Waals surface area contributed by atoms with Crippen molar-refractivity contribution < 1.29 is 13.2 Å². The van der Waals surface area contributed by atoms with Gasteiger partial charge in [0, 0.05) is 45.0 Å². The van der Waals surface area contributed by atoms with Crippen molar-refractivity contribution in [3.63, 3.8) is 0 Å². The minimum absolute atomic E-state index is 0. The molecule has 2 aromatic carbocycles. The number of nitrogens with one attached hydrogen (secondary N) is 2. The van der Waals surface area contributed by atoms with Gasteiger partial charge in [0.25, 0.3) is 5.91 Å². The van der Waals surface area contributed by atoms with Crippen LogP contribution in [0.3, 0.4) is 0 Å². The quantitative estimate of drug-likeness (QED) is 0.288. The van der Waals surface area contributed by atoms with Gasteiger partial charge in [-0.1, -0.05) is 24.3 Å². The molecule has 176 valence electrons. The Morgan fingerprint density at radius 2 is 1.50 bits per heavy atom. The van der Waals surface area contributed by atoms with Gasteiger partial charge in [-0.25, -0.2) is 8.42 Å². The highest BCUT2D eigenvalue weighted by Crippen LogP contribution is 2.16. The Kier molecular flexibility index (Phi) is 11.1. The Bertz CT molecular complexity index is 1030. The molecule has 0 heterocycles. The molecule has 0 aliphatic rings. The highest BCUT2D eigenvalue weighted by atomic mass is 127. The first-order valence-electron chi connectivity index (χ1n) is 10.3. The number of sulfone groups is 1. The number of aliphatic imine (C=N–C) groups is 1. The van der Waals surface area contributed by atoms with Crippen LogP contribution in [0.5, 0.6) is 0 Å². The lowest BCUT2D eigenvalue weighted by Gasteiger charge is -2.18. The van der Waals surface area contributed by atoms with Gasteiger partial charge >= 0.3 is 0 Å². The number of hydrogen-bond acceptors (Lipinski definition) is 4. The lowest BCUT2D eigenvalue weighted by Crippen LogP contribution is -2.36. The molecule has 0 unspecified atom stereocenters. The molecule has 2 aromatic rings. The van der Waals surface area contributed by atoms with Gasteiger partial charge in [0.2, 0.25) is 0 Å². The van der Waals surface area contributed by atoms with E-state index in [-0.39, 0.29) is 29.9 Å². The number of carbonyl (C=O) groups excluding carboxylic acids is 1. The molecule has 0 aliphatic carbocycles. The average molecular weight is 573 g/mol. The van der Waals surface area contributed by atoms with Gasteiger partial charge in [-0.2, -0.15) is 0 Å². The van der Waals surface area contributed by atoms with E-state index in [1.54, 1.807) is 31.0 Å². The van der Waals surface area contributed by atoms with E-state index in [2.05, 4.69) is 15.6 Å². The standard InChI is InChI=1S/C23H32N4O3S.HI/c1-6-27(7-2)22(28)20-11-8-18(9-12-20)15-25-23(24-4)26-16-19-10-13-21(17(3)14-19)31(5,29)30;/h8-14H,6-7,15-16H2,1-5H3,(H2,24,25,26);1H. The molecular weight excluding hydrogens is 539 g/mol. The van der Waals surface area contributed by atoms with Gasteiger partial charge in [-0.15, -0.1) is 24.0 Å². The predicted octanol–water partition coefficient (Wildman–Crippen LogP) is 3.36. The highest BCUT2D eigenvalue weighted by Gasteiger charge is 2.12. The van der Waals surface area contributed by atoms with E-state index in [9.17, 15) is 13.2 Å². The van der Waals surface area contributed by atoms with Gasteiger partial charge in [-0.3, -0.25) is 9.79 Å². The summed E-state index contributed by atoms with van der Waals surface area (Å²) in [6, 6.07) is 12.9. The Morgan fingerprint density at radius 1 is 0.969 bits per heavy atom. The van der Waals surface area contributed by atoms with Crippen LogP contribution >= 0.6 is 24.0 Å².